The number of amides is 1. The van der Waals surface area contributed by atoms with Crippen LogP contribution in [0.5, 0.6) is 0 Å². The third-order valence-electron chi connectivity index (χ3n) is 4.38. The van der Waals surface area contributed by atoms with Gasteiger partial charge in [-0.1, -0.05) is 19.3 Å². The highest BCUT2D eigenvalue weighted by molar-refractivity contribution is 5.90. The van der Waals surface area contributed by atoms with Crippen LogP contribution in [0.25, 0.3) is 0 Å². The molecule has 1 heterocycles. The molecular formula is C17H25NO4. The summed E-state index contributed by atoms with van der Waals surface area (Å²) in [4.78, 5) is 25.5. The highest BCUT2D eigenvalue weighted by atomic mass is 16.5. The van der Waals surface area contributed by atoms with Crippen LogP contribution < -0.4 is 0 Å². The van der Waals surface area contributed by atoms with Gasteiger partial charge in [-0.15, -0.1) is 0 Å². The van der Waals surface area contributed by atoms with Gasteiger partial charge < -0.3 is 14.1 Å². The lowest BCUT2D eigenvalue weighted by Gasteiger charge is -2.23. The highest BCUT2D eigenvalue weighted by Crippen LogP contribution is 2.27. The molecule has 0 aliphatic heterocycles. The number of furan rings is 1. The fraction of sp³-hybridized carbons (Fsp3) is 0.647. The van der Waals surface area contributed by atoms with Gasteiger partial charge in [0.25, 0.3) is 0 Å². The number of methoxy groups -OCH3 is 1. The van der Waals surface area contributed by atoms with E-state index in [2.05, 4.69) is 0 Å². The third-order valence-corrected chi connectivity index (χ3v) is 4.38. The molecule has 122 valence electrons. The highest BCUT2D eigenvalue weighted by Gasteiger charge is 2.21. The minimum Gasteiger partial charge on any atom is -0.465 e. The zero-order chi connectivity index (χ0) is 16.1. The molecular weight excluding hydrogens is 282 g/mol. The molecule has 0 saturated heterocycles. The van der Waals surface area contributed by atoms with E-state index in [1.54, 1.807) is 24.9 Å². The van der Waals surface area contributed by atoms with Crippen molar-refractivity contribution in [2.75, 3.05) is 14.2 Å². The average molecular weight is 307 g/mol. The monoisotopic (exact) mass is 307 g/mol. The number of aryl methyl sites for hydroxylation is 1. The molecule has 1 aliphatic carbocycles. The topological polar surface area (TPSA) is 59.8 Å². The Kier molecular flexibility index (Phi) is 5.63. The number of carbonyl (C=O) groups is 2. The van der Waals surface area contributed by atoms with Crippen molar-refractivity contribution in [3.8, 4) is 0 Å². The van der Waals surface area contributed by atoms with Crippen LogP contribution in [0.2, 0.25) is 0 Å². The maximum absolute atomic E-state index is 12.3. The van der Waals surface area contributed by atoms with E-state index < -0.39 is 5.97 Å². The van der Waals surface area contributed by atoms with E-state index in [9.17, 15) is 9.59 Å². The minimum atomic E-state index is -0.413. The SMILES string of the molecule is COC(=O)c1cc(CN(C)C(=O)CC2CCCCC2)oc1C. The van der Waals surface area contributed by atoms with Crippen molar-refractivity contribution in [2.45, 2.75) is 52.0 Å². The predicted molar refractivity (Wildman–Crippen MR) is 82.5 cm³/mol. The number of nitrogens with zero attached hydrogens (tertiary/aromatic N) is 1. The second-order valence-electron chi connectivity index (χ2n) is 6.13. The molecule has 22 heavy (non-hydrogen) atoms. The summed E-state index contributed by atoms with van der Waals surface area (Å²) in [5, 5.41) is 0. The van der Waals surface area contributed by atoms with E-state index in [1.165, 1.54) is 26.4 Å². The molecule has 1 aromatic heterocycles. The summed E-state index contributed by atoms with van der Waals surface area (Å²) >= 11 is 0. The van der Waals surface area contributed by atoms with Gasteiger partial charge in [-0.2, -0.15) is 0 Å². The van der Waals surface area contributed by atoms with Gasteiger partial charge in [-0.25, -0.2) is 4.79 Å². The van der Waals surface area contributed by atoms with Gasteiger partial charge >= 0.3 is 5.97 Å². The number of ether oxygens (including phenoxy) is 1. The molecule has 5 nitrogen and oxygen atoms in total. The van der Waals surface area contributed by atoms with Crippen molar-refractivity contribution in [2.24, 2.45) is 5.92 Å². The van der Waals surface area contributed by atoms with Gasteiger partial charge in [-0.05, 0) is 31.7 Å². The Hall–Kier alpha value is -1.78. The molecule has 1 amide bonds. The van der Waals surface area contributed by atoms with Crippen molar-refractivity contribution < 1.29 is 18.7 Å². The molecule has 0 atom stereocenters. The van der Waals surface area contributed by atoms with E-state index in [0.717, 1.165) is 12.8 Å². The van der Waals surface area contributed by atoms with Crippen LogP contribution in [-0.4, -0.2) is 30.9 Å². The van der Waals surface area contributed by atoms with Gasteiger partial charge in [0, 0.05) is 13.5 Å². The summed E-state index contributed by atoms with van der Waals surface area (Å²) in [6.07, 6.45) is 6.70. The summed E-state index contributed by atoms with van der Waals surface area (Å²) in [5.74, 6) is 1.38. The molecule has 0 N–H and O–H groups in total. The van der Waals surface area contributed by atoms with Crippen molar-refractivity contribution in [1.29, 1.82) is 0 Å². The number of hydrogen-bond acceptors (Lipinski definition) is 4. The molecule has 0 unspecified atom stereocenters. The number of carbonyl (C=O) groups excluding carboxylic acids is 2. The van der Waals surface area contributed by atoms with Crippen LogP contribution in [0.4, 0.5) is 0 Å². The Balaban J connectivity index is 1.91. The maximum atomic E-state index is 12.3. The number of rotatable bonds is 5. The molecule has 2 rings (SSSR count). The van der Waals surface area contributed by atoms with Crippen molar-refractivity contribution in [1.82, 2.24) is 4.90 Å². The Morgan fingerprint density at radius 1 is 1.32 bits per heavy atom. The van der Waals surface area contributed by atoms with Gasteiger partial charge in [0.2, 0.25) is 5.91 Å². The first kappa shape index (κ1) is 16.6. The summed E-state index contributed by atoms with van der Waals surface area (Å²) in [5.41, 5.74) is 0.422. The second-order valence-corrected chi connectivity index (χ2v) is 6.13. The van der Waals surface area contributed by atoms with Crippen LogP contribution >= 0.6 is 0 Å². The molecule has 1 fully saturated rings. The predicted octanol–water partition coefficient (Wildman–Crippen LogP) is 3.30. The van der Waals surface area contributed by atoms with E-state index in [0.29, 0.717) is 36.0 Å². The van der Waals surface area contributed by atoms with Gasteiger partial charge in [0.15, 0.2) is 0 Å². The molecule has 0 aromatic carbocycles. The van der Waals surface area contributed by atoms with Crippen LogP contribution in [0.3, 0.4) is 0 Å². The van der Waals surface area contributed by atoms with Crippen LogP contribution in [0.15, 0.2) is 10.5 Å². The third kappa shape index (κ3) is 4.12. The first-order chi connectivity index (χ1) is 10.5. The molecule has 0 spiro atoms. The van der Waals surface area contributed by atoms with Crippen LogP contribution in [0.1, 0.15) is 60.4 Å². The lowest BCUT2D eigenvalue weighted by atomic mass is 9.87. The number of hydrogen-bond donors (Lipinski definition) is 0. The van der Waals surface area contributed by atoms with E-state index in [1.807, 2.05) is 0 Å². The zero-order valence-corrected chi connectivity index (χ0v) is 13.7. The summed E-state index contributed by atoms with van der Waals surface area (Å²) in [6, 6.07) is 1.66. The van der Waals surface area contributed by atoms with Gasteiger partial charge in [-0.3, -0.25) is 4.79 Å². The lowest BCUT2D eigenvalue weighted by molar-refractivity contribution is -0.131. The minimum absolute atomic E-state index is 0.139. The Bertz CT molecular complexity index is 529. The number of esters is 1. The Morgan fingerprint density at radius 3 is 2.64 bits per heavy atom. The van der Waals surface area contributed by atoms with E-state index in [4.69, 9.17) is 9.15 Å². The first-order valence-corrected chi connectivity index (χ1v) is 7.93. The van der Waals surface area contributed by atoms with Gasteiger partial charge in [0.05, 0.1) is 13.7 Å². The quantitative estimate of drug-likeness (QED) is 0.783. The molecule has 5 heteroatoms. The fourth-order valence-corrected chi connectivity index (χ4v) is 3.05. The summed E-state index contributed by atoms with van der Waals surface area (Å²) in [7, 11) is 3.12. The van der Waals surface area contributed by atoms with Crippen molar-refractivity contribution in [3.05, 3.63) is 23.2 Å². The lowest BCUT2D eigenvalue weighted by Crippen LogP contribution is -2.28. The smallest absolute Gasteiger partial charge is 0.341 e. The van der Waals surface area contributed by atoms with Crippen molar-refractivity contribution in [3.63, 3.8) is 0 Å². The molecule has 0 bridgehead atoms. The second kappa shape index (κ2) is 7.47. The maximum Gasteiger partial charge on any atom is 0.341 e. The average Bonchev–Trinajstić information content (AvgIpc) is 2.88. The molecule has 1 saturated carbocycles. The fourth-order valence-electron chi connectivity index (χ4n) is 3.05. The van der Waals surface area contributed by atoms with Crippen molar-refractivity contribution >= 4 is 11.9 Å². The molecule has 0 radical (unpaired) electrons. The molecule has 1 aliphatic rings. The zero-order valence-electron chi connectivity index (χ0n) is 13.7. The Morgan fingerprint density at radius 2 is 2.00 bits per heavy atom. The van der Waals surface area contributed by atoms with Crippen LogP contribution in [-0.2, 0) is 16.1 Å². The summed E-state index contributed by atoms with van der Waals surface area (Å²) in [6.45, 7) is 2.10. The first-order valence-electron chi connectivity index (χ1n) is 7.93. The normalized spacial score (nSPS) is 15.6. The van der Waals surface area contributed by atoms with Gasteiger partial charge in [0.1, 0.15) is 17.1 Å². The Labute approximate surface area is 131 Å². The summed E-state index contributed by atoms with van der Waals surface area (Å²) < 4.78 is 10.3. The van der Waals surface area contributed by atoms with Crippen LogP contribution in [0, 0.1) is 12.8 Å². The van der Waals surface area contributed by atoms with E-state index in [-0.39, 0.29) is 5.91 Å². The van der Waals surface area contributed by atoms with E-state index >= 15 is 0 Å². The molecule has 1 aromatic rings. The standard InChI is InChI=1S/C17H25NO4/c1-12-15(17(20)21-3)10-14(22-12)11-18(2)16(19)9-13-7-5-4-6-8-13/h10,13H,4-9,11H2,1-3H3. The largest absolute Gasteiger partial charge is 0.465 e.